The molecule has 9 heteroatoms. The molecular weight excluding hydrogens is 368 g/mol. The van der Waals surface area contributed by atoms with Gasteiger partial charge in [-0.25, -0.2) is 17.9 Å². The maximum atomic E-state index is 12.3. The van der Waals surface area contributed by atoms with Gasteiger partial charge in [0.2, 0.25) is 0 Å². The van der Waals surface area contributed by atoms with Crippen LogP contribution in [0.25, 0.3) is 0 Å². The minimum atomic E-state index is -4.10. The molecule has 1 aliphatic rings. The van der Waals surface area contributed by atoms with Crippen molar-refractivity contribution in [1.82, 2.24) is 4.72 Å². The van der Waals surface area contributed by atoms with Gasteiger partial charge in [0.25, 0.3) is 10.0 Å². The highest BCUT2D eigenvalue weighted by molar-refractivity contribution is 7.90. The maximum Gasteiger partial charge on any atom is 0.333 e. The fourth-order valence-corrected chi connectivity index (χ4v) is 3.71. The van der Waals surface area contributed by atoms with Crippen LogP contribution in [0.1, 0.15) is 17.2 Å². The first-order valence-corrected chi connectivity index (χ1v) is 9.21. The lowest BCUT2D eigenvalue weighted by Crippen LogP contribution is -2.34. The lowest BCUT2D eigenvalue weighted by atomic mass is 10.1. The molecule has 2 aromatic carbocycles. The fourth-order valence-electron chi connectivity index (χ4n) is 2.63. The molecule has 0 spiro atoms. The number of carbonyl (C=O) groups is 1. The molecule has 1 aliphatic carbocycles. The number of hydrogen-bond donors (Lipinski definition) is 4. The lowest BCUT2D eigenvalue weighted by molar-refractivity contribution is 0.0326. The Morgan fingerprint density at radius 1 is 1.12 bits per heavy atom. The Labute approximate surface area is 149 Å². The fraction of sp³-hybridized carbons (Fsp3) is 0.188. The summed E-state index contributed by atoms with van der Waals surface area (Å²) in [7, 11) is -4.10. The zero-order chi connectivity index (χ0) is 18.2. The van der Waals surface area contributed by atoms with E-state index in [0.29, 0.717) is 21.8 Å². The first-order chi connectivity index (χ1) is 11.8. The predicted octanol–water partition coefficient (Wildman–Crippen LogP) is 1.80. The average molecular weight is 383 g/mol. The molecule has 0 radical (unpaired) electrons. The van der Waals surface area contributed by atoms with E-state index in [0.717, 1.165) is 0 Å². The van der Waals surface area contributed by atoms with Gasteiger partial charge in [0, 0.05) is 17.1 Å². The highest BCUT2D eigenvalue weighted by Gasteiger charge is 2.30. The molecule has 0 heterocycles. The molecule has 2 amide bonds. The van der Waals surface area contributed by atoms with E-state index >= 15 is 0 Å². The van der Waals surface area contributed by atoms with E-state index in [1.807, 2.05) is 4.72 Å². The number of urea groups is 1. The van der Waals surface area contributed by atoms with E-state index < -0.39 is 28.3 Å². The highest BCUT2D eigenvalue weighted by Crippen LogP contribution is 2.32. The van der Waals surface area contributed by atoms with Crippen LogP contribution in [0.4, 0.5) is 10.5 Å². The number of aliphatic hydroxyl groups is 2. The summed E-state index contributed by atoms with van der Waals surface area (Å²) < 4.78 is 26.6. The van der Waals surface area contributed by atoms with E-state index in [1.54, 1.807) is 12.1 Å². The molecule has 4 N–H and O–H groups in total. The molecule has 0 aliphatic heterocycles. The van der Waals surface area contributed by atoms with Crippen LogP contribution in [0, 0.1) is 0 Å². The molecule has 3 rings (SSSR count). The zero-order valence-corrected chi connectivity index (χ0v) is 14.4. The summed E-state index contributed by atoms with van der Waals surface area (Å²) in [6, 6.07) is 9.32. The van der Waals surface area contributed by atoms with Crippen molar-refractivity contribution in [2.24, 2.45) is 0 Å². The van der Waals surface area contributed by atoms with Crippen LogP contribution in [0.5, 0.6) is 0 Å². The third kappa shape index (κ3) is 3.77. The molecule has 2 atom stereocenters. The van der Waals surface area contributed by atoms with Gasteiger partial charge in [-0.05, 0) is 47.5 Å². The van der Waals surface area contributed by atoms with Gasteiger partial charge in [-0.2, -0.15) is 0 Å². The van der Waals surface area contributed by atoms with Gasteiger partial charge in [-0.3, -0.25) is 0 Å². The number of aliphatic hydroxyl groups excluding tert-OH is 2. The highest BCUT2D eigenvalue weighted by atomic mass is 35.5. The topological polar surface area (TPSA) is 116 Å². The number of nitrogens with one attached hydrogen (secondary N) is 2. The normalized spacial score (nSPS) is 19.3. The van der Waals surface area contributed by atoms with Crippen LogP contribution in [0.15, 0.2) is 47.4 Å². The monoisotopic (exact) mass is 382 g/mol. The van der Waals surface area contributed by atoms with Crippen molar-refractivity contribution in [3.05, 3.63) is 58.6 Å². The number of sulfonamides is 1. The molecule has 0 bridgehead atoms. The summed E-state index contributed by atoms with van der Waals surface area (Å²) in [5.41, 5.74) is 1.40. The van der Waals surface area contributed by atoms with Gasteiger partial charge in [-0.15, -0.1) is 0 Å². The molecule has 0 fully saturated rings. The van der Waals surface area contributed by atoms with Crippen molar-refractivity contribution in [3.8, 4) is 0 Å². The molecule has 2 aromatic rings. The SMILES string of the molecule is O=C(Nc1ccc(Cl)cc1)NS(=O)(=O)c1ccc2c(c1)CC(O)C2O. The first-order valence-electron chi connectivity index (χ1n) is 7.34. The van der Waals surface area contributed by atoms with Crippen LogP contribution < -0.4 is 10.0 Å². The predicted molar refractivity (Wildman–Crippen MR) is 91.9 cm³/mol. The number of anilines is 1. The first kappa shape index (κ1) is 17.7. The summed E-state index contributed by atoms with van der Waals surface area (Å²) >= 11 is 5.74. The van der Waals surface area contributed by atoms with E-state index in [4.69, 9.17) is 11.6 Å². The van der Waals surface area contributed by atoms with Crippen molar-refractivity contribution in [3.63, 3.8) is 0 Å². The van der Waals surface area contributed by atoms with Gasteiger partial charge in [-0.1, -0.05) is 17.7 Å². The summed E-state index contributed by atoms with van der Waals surface area (Å²) in [5.74, 6) is 0. The number of rotatable bonds is 3. The number of carbonyl (C=O) groups excluding carboxylic acids is 1. The molecule has 7 nitrogen and oxygen atoms in total. The van der Waals surface area contributed by atoms with Crippen molar-refractivity contribution in [2.45, 2.75) is 23.5 Å². The second-order valence-electron chi connectivity index (χ2n) is 5.64. The number of hydrogen-bond acceptors (Lipinski definition) is 5. The van der Waals surface area contributed by atoms with Crippen molar-refractivity contribution in [2.75, 3.05) is 5.32 Å². The molecule has 2 unspecified atom stereocenters. The van der Waals surface area contributed by atoms with Crippen LogP contribution >= 0.6 is 11.6 Å². The Hall–Kier alpha value is -2.13. The third-order valence-corrected chi connectivity index (χ3v) is 5.45. The van der Waals surface area contributed by atoms with Gasteiger partial charge < -0.3 is 15.5 Å². The van der Waals surface area contributed by atoms with E-state index in [-0.39, 0.29) is 11.3 Å². The van der Waals surface area contributed by atoms with E-state index in [1.165, 1.54) is 30.3 Å². The molecule has 132 valence electrons. The van der Waals surface area contributed by atoms with Gasteiger partial charge in [0.15, 0.2) is 0 Å². The van der Waals surface area contributed by atoms with Crippen LogP contribution in [0.2, 0.25) is 5.02 Å². The summed E-state index contributed by atoms with van der Waals surface area (Å²) in [6.45, 7) is 0. The molecule has 25 heavy (non-hydrogen) atoms. The minimum Gasteiger partial charge on any atom is -0.390 e. The van der Waals surface area contributed by atoms with Crippen molar-refractivity contribution < 1.29 is 23.4 Å². The van der Waals surface area contributed by atoms with Gasteiger partial charge >= 0.3 is 6.03 Å². The Morgan fingerprint density at radius 2 is 1.80 bits per heavy atom. The van der Waals surface area contributed by atoms with Crippen molar-refractivity contribution in [1.29, 1.82) is 0 Å². The quantitative estimate of drug-likeness (QED) is 0.646. The molecule has 0 saturated heterocycles. The largest absolute Gasteiger partial charge is 0.390 e. The second kappa shape index (κ2) is 6.64. The van der Waals surface area contributed by atoms with Crippen LogP contribution in [0.3, 0.4) is 0 Å². The van der Waals surface area contributed by atoms with Crippen molar-refractivity contribution >= 4 is 33.3 Å². The lowest BCUT2D eigenvalue weighted by Gasteiger charge is -2.10. The Balaban J connectivity index is 1.75. The smallest absolute Gasteiger partial charge is 0.333 e. The summed E-state index contributed by atoms with van der Waals surface area (Å²) in [6.07, 6.45) is -1.85. The summed E-state index contributed by atoms with van der Waals surface area (Å²) in [4.78, 5) is 11.8. The molecular formula is C16H15ClN2O5S. The maximum absolute atomic E-state index is 12.3. The number of amides is 2. The third-order valence-electron chi connectivity index (χ3n) is 3.87. The zero-order valence-electron chi connectivity index (χ0n) is 12.8. The van der Waals surface area contributed by atoms with Gasteiger partial charge in [0.1, 0.15) is 6.10 Å². The molecule has 0 saturated carbocycles. The number of halogens is 1. The Bertz CT molecular complexity index is 915. The van der Waals surface area contributed by atoms with Crippen LogP contribution in [-0.4, -0.2) is 30.8 Å². The Morgan fingerprint density at radius 3 is 2.48 bits per heavy atom. The van der Waals surface area contributed by atoms with Crippen LogP contribution in [-0.2, 0) is 16.4 Å². The Kier molecular flexibility index (Phi) is 4.70. The number of benzene rings is 2. The minimum absolute atomic E-state index is 0.126. The van der Waals surface area contributed by atoms with E-state index in [9.17, 15) is 23.4 Å². The second-order valence-corrected chi connectivity index (χ2v) is 7.76. The average Bonchev–Trinajstić information content (AvgIpc) is 2.83. The molecule has 0 aromatic heterocycles. The standard InChI is InChI=1S/C16H15ClN2O5S/c17-10-1-3-11(4-2-10)18-16(22)19-25(23,24)12-5-6-13-9(7-12)8-14(20)15(13)21/h1-7,14-15,20-21H,8H2,(H2,18,19,22). The van der Waals surface area contributed by atoms with E-state index in [2.05, 4.69) is 5.32 Å². The number of fused-ring (bicyclic) bond motifs is 1. The van der Waals surface area contributed by atoms with Gasteiger partial charge in [0.05, 0.1) is 11.0 Å². The summed E-state index contributed by atoms with van der Waals surface area (Å²) in [5, 5.41) is 22.3.